The van der Waals surface area contributed by atoms with E-state index in [2.05, 4.69) is 5.32 Å². The predicted octanol–water partition coefficient (Wildman–Crippen LogP) is 4.31. The maximum atomic E-state index is 13.7. The third kappa shape index (κ3) is 4.53. The van der Waals surface area contributed by atoms with Crippen molar-refractivity contribution in [1.82, 2.24) is 15.1 Å². The minimum Gasteiger partial charge on any atom is -0.348 e. The van der Waals surface area contributed by atoms with Crippen molar-refractivity contribution in [2.24, 2.45) is 0 Å². The SMILES string of the molecule is C[C@@H](NC(=O)[C@@H]1CCCN1C(=O)[C@@H]1CCCN1C(=O)c1cccc2ccccc12)c1ccccc1. The molecule has 1 N–H and O–H groups in total. The number of benzene rings is 3. The highest BCUT2D eigenvalue weighted by Gasteiger charge is 2.42. The van der Waals surface area contributed by atoms with E-state index >= 15 is 0 Å². The number of amides is 3. The maximum Gasteiger partial charge on any atom is 0.255 e. The van der Waals surface area contributed by atoms with Crippen molar-refractivity contribution in [3.63, 3.8) is 0 Å². The fourth-order valence-corrected chi connectivity index (χ4v) is 5.46. The summed E-state index contributed by atoms with van der Waals surface area (Å²) in [6, 6.07) is 22.2. The highest BCUT2D eigenvalue weighted by molar-refractivity contribution is 6.08. The molecule has 0 aromatic heterocycles. The molecule has 3 amide bonds. The first-order valence-electron chi connectivity index (χ1n) is 12.5. The lowest BCUT2D eigenvalue weighted by Crippen LogP contribution is -2.53. The zero-order valence-electron chi connectivity index (χ0n) is 20.0. The van der Waals surface area contributed by atoms with E-state index in [4.69, 9.17) is 0 Å². The zero-order chi connectivity index (χ0) is 24.4. The monoisotopic (exact) mass is 469 g/mol. The molecule has 6 heteroatoms. The number of rotatable bonds is 5. The topological polar surface area (TPSA) is 69.7 Å². The number of fused-ring (bicyclic) bond motifs is 1. The average molecular weight is 470 g/mol. The Balaban J connectivity index is 1.32. The Labute approximate surface area is 205 Å². The lowest BCUT2D eigenvalue weighted by Gasteiger charge is -2.31. The van der Waals surface area contributed by atoms with E-state index in [1.807, 2.05) is 79.7 Å². The van der Waals surface area contributed by atoms with Gasteiger partial charge < -0.3 is 15.1 Å². The Bertz CT molecular complexity index is 1240. The van der Waals surface area contributed by atoms with Gasteiger partial charge in [-0.2, -0.15) is 0 Å². The first-order valence-corrected chi connectivity index (χ1v) is 12.5. The van der Waals surface area contributed by atoms with Crippen molar-refractivity contribution >= 4 is 28.5 Å². The Morgan fingerprint density at radius 3 is 2.26 bits per heavy atom. The van der Waals surface area contributed by atoms with E-state index in [1.54, 1.807) is 9.80 Å². The minimum absolute atomic E-state index is 0.110. The van der Waals surface area contributed by atoms with Gasteiger partial charge in [0, 0.05) is 18.7 Å². The molecular weight excluding hydrogens is 438 g/mol. The molecule has 3 aromatic carbocycles. The standard InChI is InChI=1S/C29H31N3O3/c1-20(21-10-3-2-4-11-21)30-27(33)25-16-8-18-31(25)29(35)26-17-9-19-32(26)28(34)24-15-7-13-22-12-5-6-14-23(22)24/h2-7,10-15,20,25-26H,8-9,16-19H2,1H3,(H,30,33)/t20-,25+,26+/m1/s1. The van der Waals surface area contributed by atoms with Gasteiger partial charge in [-0.15, -0.1) is 0 Å². The van der Waals surface area contributed by atoms with Gasteiger partial charge in [0.2, 0.25) is 11.8 Å². The van der Waals surface area contributed by atoms with Crippen LogP contribution >= 0.6 is 0 Å². The summed E-state index contributed by atoms with van der Waals surface area (Å²) in [5.41, 5.74) is 1.65. The molecule has 0 unspecified atom stereocenters. The number of nitrogens with zero attached hydrogens (tertiary/aromatic N) is 2. The highest BCUT2D eigenvalue weighted by atomic mass is 16.2. The molecule has 3 atom stereocenters. The van der Waals surface area contributed by atoms with Gasteiger partial charge in [-0.05, 0) is 55.0 Å². The fourth-order valence-electron chi connectivity index (χ4n) is 5.46. The van der Waals surface area contributed by atoms with Gasteiger partial charge in [-0.25, -0.2) is 0 Å². The van der Waals surface area contributed by atoms with Gasteiger partial charge >= 0.3 is 0 Å². The molecule has 0 saturated carbocycles. The van der Waals surface area contributed by atoms with E-state index in [-0.39, 0.29) is 23.8 Å². The summed E-state index contributed by atoms with van der Waals surface area (Å²) in [6.07, 6.45) is 2.83. The van der Waals surface area contributed by atoms with Crippen molar-refractivity contribution in [2.45, 2.75) is 50.7 Å². The van der Waals surface area contributed by atoms with E-state index in [9.17, 15) is 14.4 Å². The quantitative estimate of drug-likeness (QED) is 0.605. The Kier molecular flexibility index (Phi) is 6.53. The number of carbonyl (C=O) groups is 3. The van der Waals surface area contributed by atoms with Crippen LogP contribution in [-0.2, 0) is 9.59 Å². The summed E-state index contributed by atoms with van der Waals surface area (Å²) in [4.78, 5) is 43.8. The van der Waals surface area contributed by atoms with Crippen LogP contribution in [0, 0.1) is 0 Å². The predicted molar refractivity (Wildman–Crippen MR) is 136 cm³/mol. The normalized spacial score (nSPS) is 20.7. The number of carbonyl (C=O) groups excluding carboxylic acids is 3. The average Bonchev–Trinajstić information content (AvgIpc) is 3.58. The lowest BCUT2D eigenvalue weighted by molar-refractivity contribution is -0.141. The van der Waals surface area contributed by atoms with Crippen LogP contribution in [0.3, 0.4) is 0 Å². The molecule has 2 fully saturated rings. The maximum absolute atomic E-state index is 13.7. The van der Waals surface area contributed by atoms with Crippen molar-refractivity contribution in [1.29, 1.82) is 0 Å². The highest BCUT2D eigenvalue weighted by Crippen LogP contribution is 2.28. The zero-order valence-corrected chi connectivity index (χ0v) is 20.0. The molecule has 0 bridgehead atoms. The van der Waals surface area contributed by atoms with Crippen LogP contribution < -0.4 is 5.32 Å². The summed E-state index contributed by atoms with van der Waals surface area (Å²) >= 11 is 0. The minimum atomic E-state index is -0.526. The van der Waals surface area contributed by atoms with Crippen LogP contribution in [0.5, 0.6) is 0 Å². The van der Waals surface area contributed by atoms with E-state index in [1.165, 1.54) is 0 Å². The lowest BCUT2D eigenvalue weighted by atomic mass is 10.0. The van der Waals surface area contributed by atoms with Gasteiger partial charge in [-0.1, -0.05) is 66.7 Å². The third-order valence-corrected chi connectivity index (χ3v) is 7.32. The molecule has 3 aromatic rings. The first-order chi connectivity index (χ1) is 17.0. The first kappa shape index (κ1) is 23.1. The van der Waals surface area contributed by atoms with E-state index in [0.29, 0.717) is 31.5 Å². The number of hydrogen-bond donors (Lipinski definition) is 1. The summed E-state index contributed by atoms with van der Waals surface area (Å²) in [7, 11) is 0. The van der Waals surface area contributed by atoms with Gasteiger partial charge in [0.05, 0.1) is 6.04 Å². The molecule has 2 aliphatic heterocycles. The molecular formula is C29H31N3O3. The third-order valence-electron chi connectivity index (χ3n) is 7.32. The van der Waals surface area contributed by atoms with Gasteiger partial charge in [0.1, 0.15) is 12.1 Å². The molecule has 0 aliphatic carbocycles. The van der Waals surface area contributed by atoms with Gasteiger partial charge in [0.25, 0.3) is 5.91 Å². The second-order valence-corrected chi connectivity index (χ2v) is 9.51. The van der Waals surface area contributed by atoms with Crippen LogP contribution in [0.15, 0.2) is 72.8 Å². The van der Waals surface area contributed by atoms with Crippen LogP contribution in [0.1, 0.15) is 54.6 Å². The molecule has 2 saturated heterocycles. The largest absolute Gasteiger partial charge is 0.348 e. The van der Waals surface area contributed by atoms with Crippen LogP contribution in [0.4, 0.5) is 0 Å². The molecule has 2 heterocycles. The Morgan fingerprint density at radius 1 is 0.800 bits per heavy atom. The summed E-state index contributed by atoms with van der Waals surface area (Å²) < 4.78 is 0. The van der Waals surface area contributed by atoms with Crippen LogP contribution in [-0.4, -0.2) is 52.7 Å². The molecule has 35 heavy (non-hydrogen) atoms. The summed E-state index contributed by atoms with van der Waals surface area (Å²) in [6.45, 7) is 3.05. The summed E-state index contributed by atoms with van der Waals surface area (Å²) in [5, 5.41) is 4.98. The molecule has 180 valence electrons. The summed E-state index contributed by atoms with van der Waals surface area (Å²) in [5.74, 6) is -0.353. The fraction of sp³-hybridized carbons (Fsp3) is 0.345. The second-order valence-electron chi connectivity index (χ2n) is 9.51. The molecule has 0 radical (unpaired) electrons. The van der Waals surface area contributed by atoms with E-state index < -0.39 is 12.1 Å². The second kappa shape index (κ2) is 9.90. The van der Waals surface area contributed by atoms with Gasteiger partial charge in [0.15, 0.2) is 0 Å². The number of nitrogens with one attached hydrogen (secondary N) is 1. The number of hydrogen-bond acceptors (Lipinski definition) is 3. The van der Waals surface area contributed by atoms with Crippen molar-refractivity contribution in [2.75, 3.05) is 13.1 Å². The molecule has 6 nitrogen and oxygen atoms in total. The molecule has 5 rings (SSSR count). The van der Waals surface area contributed by atoms with Gasteiger partial charge in [-0.3, -0.25) is 14.4 Å². The smallest absolute Gasteiger partial charge is 0.255 e. The Hall–Kier alpha value is -3.67. The molecule has 2 aliphatic rings. The number of likely N-dealkylation sites (tertiary alicyclic amines) is 2. The van der Waals surface area contributed by atoms with Crippen LogP contribution in [0.25, 0.3) is 10.8 Å². The molecule has 0 spiro atoms. The van der Waals surface area contributed by atoms with Crippen molar-refractivity contribution in [3.05, 3.63) is 83.9 Å². The van der Waals surface area contributed by atoms with Crippen molar-refractivity contribution in [3.8, 4) is 0 Å². The van der Waals surface area contributed by atoms with Crippen molar-refractivity contribution < 1.29 is 14.4 Å². The van der Waals surface area contributed by atoms with E-state index in [0.717, 1.165) is 29.2 Å². The Morgan fingerprint density at radius 2 is 1.46 bits per heavy atom. The van der Waals surface area contributed by atoms with Crippen LogP contribution in [0.2, 0.25) is 0 Å².